The summed E-state index contributed by atoms with van der Waals surface area (Å²) in [5.41, 5.74) is 3.11. The summed E-state index contributed by atoms with van der Waals surface area (Å²) in [7, 11) is 1.84. The van der Waals surface area contributed by atoms with Gasteiger partial charge in [0.1, 0.15) is 6.04 Å². The van der Waals surface area contributed by atoms with Gasteiger partial charge in [0.25, 0.3) is 0 Å². The Kier molecular flexibility index (Phi) is 3.63. The van der Waals surface area contributed by atoms with Crippen LogP contribution in [0.1, 0.15) is 24.1 Å². The molecular formula is C14H16N4. The van der Waals surface area contributed by atoms with E-state index in [-0.39, 0.29) is 6.04 Å². The van der Waals surface area contributed by atoms with E-state index in [4.69, 9.17) is 0 Å². The second-order valence-electron chi connectivity index (χ2n) is 4.20. The summed E-state index contributed by atoms with van der Waals surface area (Å²) >= 11 is 0. The third-order valence-corrected chi connectivity index (χ3v) is 2.86. The van der Waals surface area contributed by atoms with Gasteiger partial charge in [0, 0.05) is 24.5 Å². The Labute approximate surface area is 107 Å². The van der Waals surface area contributed by atoms with Gasteiger partial charge in [-0.15, -0.1) is 0 Å². The number of hydrogen-bond donors (Lipinski definition) is 1. The number of benzene rings is 1. The number of nitriles is 1. The molecule has 18 heavy (non-hydrogen) atoms. The number of rotatable bonds is 4. The van der Waals surface area contributed by atoms with Crippen LogP contribution in [0.15, 0.2) is 36.7 Å². The predicted octanol–water partition coefficient (Wildman–Crippen LogP) is 2.66. The largest absolute Gasteiger partial charge is 0.366 e. The van der Waals surface area contributed by atoms with Crippen LogP contribution in [-0.2, 0) is 13.5 Å². The Balaban J connectivity index is 2.13. The number of anilines is 1. The highest BCUT2D eigenvalue weighted by molar-refractivity contribution is 5.48. The molecule has 0 saturated heterocycles. The van der Waals surface area contributed by atoms with Crippen LogP contribution in [0.4, 0.5) is 5.69 Å². The Morgan fingerprint density at radius 3 is 2.61 bits per heavy atom. The van der Waals surface area contributed by atoms with Crippen LogP contribution in [0.5, 0.6) is 0 Å². The number of nitrogens with one attached hydrogen (secondary N) is 1. The molecule has 2 rings (SSSR count). The van der Waals surface area contributed by atoms with Crippen molar-refractivity contribution in [3.8, 4) is 6.07 Å². The maximum Gasteiger partial charge on any atom is 0.143 e. The van der Waals surface area contributed by atoms with E-state index in [0.717, 1.165) is 17.7 Å². The Bertz CT molecular complexity index is 548. The number of aryl methyl sites for hydroxylation is 2. The topological polar surface area (TPSA) is 53.6 Å². The molecule has 0 aliphatic rings. The quantitative estimate of drug-likeness (QED) is 0.893. The minimum Gasteiger partial charge on any atom is -0.366 e. The van der Waals surface area contributed by atoms with E-state index in [2.05, 4.69) is 35.5 Å². The second-order valence-corrected chi connectivity index (χ2v) is 4.20. The Morgan fingerprint density at radius 2 is 2.11 bits per heavy atom. The summed E-state index contributed by atoms with van der Waals surface area (Å²) in [6.07, 6.45) is 4.58. The molecule has 0 spiro atoms. The first kappa shape index (κ1) is 12.2. The predicted molar refractivity (Wildman–Crippen MR) is 71.0 cm³/mol. The van der Waals surface area contributed by atoms with Crippen molar-refractivity contribution in [2.24, 2.45) is 7.05 Å². The highest BCUT2D eigenvalue weighted by Crippen LogP contribution is 2.19. The number of nitrogens with zero attached hydrogens (tertiary/aromatic N) is 3. The lowest BCUT2D eigenvalue weighted by molar-refractivity contribution is 0.766. The summed E-state index contributed by atoms with van der Waals surface area (Å²) in [6.45, 7) is 2.12. The van der Waals surface area contributed by atoms with Crippen molar-refractivity contribution in [3.05, 3.63) is 47.8 Å². The molecule has 92 valence electrons. The lowest BCUT2D eigenvalue weighted by Crippen LogP contribution is -2.07. The van der Waals surface area contributed by atoms with Crippen molar-refractivity contribution in [2.45, 2.75) is 19.4 Å². The van der Waals surface area contributed by atoms with Crippen LogP contribution >= 0.6 is 0 Å². The first-order valence-electron chi connectivity index (χ1n) is 5.96. The molecule has 1 aromatic carbocycles. The van der Waals surface area contributed by atoms with Gasteiger partial charge < -0.3 is 5.32 Å². The van der Waals surface area contributed by atoms with Crippen molar-refractivity contribution >= 4 is 5.69 Å². The molecule has 0 amide bonds. The summed E-state index contributed by atoms with van der Waals surface area (Å²) in [6, 6.07) is 10.0. The highest BCUT2D eigenvalue weighted by atomic mass is 15.2. The zero-order valence-corrected chi connectivity index (χ0v) is 10.6. The third-order valence-electron chi connectivity index (χ3n) is 2.86. The van der Waals surface area contributed by atoms with Crippen molar-refractivity contribution in [1.29, 1.82) is 5.26 Å². The van der Waals surface area contributed by atoms with Gasteiger partial charge in [-0.25, -0.2) is 0 Å². The van der Waals surface area contributed by atoms with Crippen LogP contribution in [0.2, 0.25) is 0 Å². The summed E-state index contributed by atoms with van der Waals surface area (Å²) < 4.78 is 1.70. The maximum absolute atomic E-state index is 9.20. The van der Waals surface area contributed by atoms with Gasteiger partial charge in [-0.1, -0.05) is 19.1 Å². The molecule has 0 radical (unpaired) electrons. The maximum atomic E-state index is 9.20. The van der Waals surface area contributed by atoms with Crippen LogP contribution in [0.3, 0.4) is 0 Å². The van der Waals surface area contributed by atoms with Gasteiger partial charge >= 0.3 is 0 Å². The molecule has 0 bridgehead atoms. The molecule has 1 N–H and O–H groups in total. The van der Waals surface area contributed by atoms with E-state index in [1.807, 2.05) is 25.4 Å². The van der Waals surface area contributed by atoms with Crippen LogP contribution in [0, 0.1) is 11.3 Å². The molecule has 1 aromatic heterocycles. The number of aromatic nitrogens is 2. The van der Waals surface area contributed by atoms with Gasteiger partial charge in [0.2, 0.25) is 0 Å². The van der Waals surface area contributed by atoms with Crippen molar-refractivity contribution < 1.29 is 0 Å². The molecule has 0 aliphatic heterocycles. The van der Waals surface area contributed by atoms with E-state index in [0.29, 0.717) is 0 Å². The zero-order valence-electron chi connectivity index (χ0n) is 10.6. The fraction of sp³-hybridized carbons (Fsp3) is 0.286. The summed E-state index contributed by atoms with van der Waals surface area (Å²) in [4.78, 5) is 0. The minimum absolute atomic E-state index is 0.369. The number of hydrogen-bond acceptors (Lipinski definition) is 3. The van der Waals surface area contributed by atoms with E-state index < -0.39 is 0 Å². The average molecular weight is 240 g/mol. The molecule has 1 unspecified atom stereocenters. The van der Waals surface area contributed by atoms with Crippen LogP contribution in [-0.4, -0.2) is 9.78 Å². The molecule has 1 heterocycles. The van der Waals surface area contributed by atoms with E-state index in [1.165, 1.54) is 5.56 Å². The van der Waals surface area contributed by atoms with Crippen molar-refractivity contribution in [2.75, 3.05) is 5.32 Å². The van der Waals surface area contributed by atoms with Gasteiger partial charge in [-0.3, -0.25) is 4.68 Å². The van der Waals surface area contributed by atoms with Gasteiger partial charge in [-0.05, 0) is 24.1 Å². The molecule has 0 saturated carbocycles. The fourth-order valence-electron chi connectivity index (χ4n) is 1.78. The van der Waals surface area contributed by atoms with E-state index >= 15 is 0 Å². The SMILES string of the molecule is CCc1ccc(NC(C#N)c2cnn(C)c2)cc1. The molecule has 0 fully saturated rings. The minimum atomic E-state index is -0.369. The summed E-state index contributed by atoms with van der Waals surface area (Å²) in [5, 5.41) is 16.5. The molecule has 2 aromatic rings. The monoisotopic (exact) mass is 240 g/mol. The van der Waals surface area contributed by atoms with E-state index in [9.17, 15) is 5.26 Å². The van der Waals surface area contributed by atoms with Crippen LogP contribution in [0.25, 0.3) is 0 Å². The van der Waals surface area contributed by atoms with Gasteiger partial charge in [0.05, 0.1) is 12.3 Å². The van der Waals surface area contributed by atoms with Crippen LogP contribution < -0.4 is 5.32 Å². The molecule has 4 nitrogen and oxygen atoms in total. The second kappa shape index (κ2) is 5.37. The Morgan fingerprint density at radius 1 is 1.39 bits per heavy atom. The lowest BCUT2D eigenvalue weighted by atomic mass is 10.1. The Hall–Kier alpha value is -2.28. The van der Waals surface area contributed by atoms with Crippen molar-refractivity contribution in [1.82, 2.24) is 9.78 Å². The average Bonchev–Trinajstić information content (AvgIpc) is 2.83. The zero-order chi connectivity index (χ0) is 13.0. The van der Waals surface area contributed by atoms with Gasteiger partial charge in [-0.2, -0.15) is 10.4 Å². The first-order chi connectivity index (χ1) is 8.72. The standard InChI is InChI=1S/C14H16N4/c1-3-11-4-6-13(7-5-11)17-14(8-15)12-9-16-18(2)10-12/h4-7,9-10,14,17H,3H2,1-2H3. The fourth-order valence-corrected chi connectivity index (χ4v) is 1.78. The molecule has 1 atom stereocenters. The molecule has 4 heteroatoms. The normalized spacial score (nSPS) is 11.8. The lowest BCUT2D eigenvalue weighted by Gasteiger charge is -2.11. The van der Waals surface area contributed by atoms with Gasteiger partial charge in [0.15, 0.2) is 0 Å². The highest BCUT2D eigenvalue weighted by Gasteiger charge is 2.11. The smallest absolute Gasteiger partial charge is 0.143 e. The molecule has 0 aliphatic carbocycles. The molecular weight excluding hydrogens is 224 g/mol. The summed E-state index contributed by atoms with van der Waals surface area (Å²) in [5.74, 6) is 0. The van der Waals surface area contributed by atoms with E-state index in [1.54, 1.807) is 10.9 Å². The third kappa shape index (κ3) is 2.69. The first-order valence-corrected chi connectivity index (χ1v) is 5.96. The van der Waals surface area contributed by atoms with Crippen molar-refractivity contribution in [3.63, 3.8) is 0 Å².